The van der Waals surface area contributed by atoms with E-state index in [1.165, 1.54) is 17.7 Å². The van der Waals surface area contributed by atoms with Crippen molar-refractivity contribution in [3.8, 4) is 0 Å². The average Bonchev–Trinajstić information content (AvgIpc) is 3.38. The van der Waals surface area contributed by atoms with E-state index in [1.807, 2.05) is 12.1 Å². The lowest BCUT2D eigenvalue weighted by Gasteiger charge is -2.25. The quantitative estimate of drug-likeness (QED) is 0.362. The van der Waals surface area contributed by atoms with Crippen molar-refractivity contribution in [3.05, 3.63) is 101 Å². The Balaban J connectivity index is 1.55. The zero-order chi connectivity index (χ0) is 26.4. The Labute approximate surface area is 220 Å². The van der Waals surface area contributed by atoms with Crippen LogP contribution >= 0.6 is 11.8 Å². The molecule has 37 heavy (non-hydrogen) atoms. The molecule has 0 radical (unpaired) electrons. The topological polar surface area (TPSA) is 82.0 Å². The van der Waals surface area contributed by atoms with E-state index in [9.17, 15) is 14.0 Å². The smallest absolute Gasteiger partial charge is 0.305 e. The maximum absolute atomic E-state index is 13.4. The fourth-order valence-electron chi connectivity index (χ4n) is 4.00. The molecule has 0 aliphatic carbocycles. The van der Waals surface area contributed by atoms with Crippen LogP contribution in [0.4, 0.5) is 10.1 Å². The summed E-state index contributed by atoms with van der Waals surface area (Å²) in [6.45, 7) is 4.97. The van der Waals surface area contributed by atoms with Crippen molar-refractivity contribution in [2.75, 3.05) is 17.2 Å². The highest BCUT2D eigenvalue weighted by atomic mass is 32.2. The highest BCUT2D eigenvalue weighted by Gasteiger charge is 2.25. The maximum Gasteiger partial charge on any atom is 0.305 e. The van der Waals surface area contributed by atoms with Crippen LogP contribution in [0, 0.1) is 5.82 Å². The lowest BCUT2D eigenvalue weighted by atomic mass is 10.0. The highest BCUT2D eigenvalue weighted by Crippen LogP contribution is 2.35. The van der Waals surface area contributed by atoms with Crippen molar-refractivity contribution in [3.63, 3.8) is 0 Å². The van der Waals surface area contributed by atoms with Crippen molar-refractivity contribution in [2.45, 2.75) is 38.8 Å². The number of aliphatic imine (C=N–C) groups is 1. The molecule has 1 heterocycles. The van der Waals surface area contributed by atoms with Crippen LogP contribution in [0.5, 0.6) is 0 Å². The van der Waals surface area contributed by atoms with Gasteiger partial charge in [-0.25, -0.2) is 4.39 Å². The van der Waals surface area contributed by atoms with Crippen molar-refractivity contribution >= 4 is 34.5 Å². The minimum Gasteiger partial charge on any atom is -0.481 e. The number of carboxylic acids is 1. The molecule has 0 bridgehead atoms. The summed E-state index contributed by atoms with van der Waals surface area (Å²) < 4.78 is 13.4. The maximum atomic E-state index is 13.4. The molecule has 1 atom stereocenters. The largest absolute Gasteiger partial charge is 0.481 e. The number of carbonyl (C=O) groups excluding carboxylic acids is 1. The summed E-state index contributed by atoms with van der Waals surface area (Å²) in [7, 11) is 0. The first-order valence-corrected chi connectivity index (χ1v) is 13.2. The first kappa shape index (κ1) is 26.4. The number of thioether (sulfide) groups is 1. The van der Waals surface area contributed by atoms with Gasteiger partial charge in [0.15, 0.2) is 5.17 Å². The van der Waals surface area contributed by atoms with E-state index in [-0.39, 0.29) is 30.7 Å². The van der Waals surface area contributed by atoms with Gasteiger partial charge in [0.1, 0.15) is 5.82 Å². The molecule has 8 heteroatoms. The number of halogens is 1. The molecule has 0 spiro atoms. The molecule has 0 saturated carbocycles. The standard InChI is InChI=1S/C29H30FN3O3S/c1-19(2)21-9-13-25(14-10-21)33(29-32-26(18-37-29)22-7-11-24(30)12-8-22)17-20-3-5-23(6-4-20)28(36)31-16-15-27(34)35/h3-14,19,26H,15-18H2,1-2H3,(H,31,36)(H,34,35). The second-order valence-electron chi connectivity index (χ2n) is 9.22. The van der Waals surface area contributed by atoms with Crippen LogP contribution in [0.3, 0.4) is 0 Å². The van der Waals surface area contributed by atoms with Crippen molar-refractivity contribution < 1.29 is 19.1 Å². The number of benzene rings is 3. The minimum atomic E-state index is -0.952. The van der Waals surface area contributed by atoms with Crippen LogP contribution in [-0.2, 0) is 11.3 Å². The number of anilines is 1. The molecule has 2 N–H and O–H groups in total. The Kier molecular flexibility index (Phi) is 8.61. The molecule has 1 aliphatic heterocycles. The Bertz CT molecular complexity index is 1260. The van der Waals surface area contributed by atoms with E-state index >= 15 is 0 Å². The van der Waals surface area contributed by atoms with E-state index in [1.54, 1.807) is 36.0 Å². The summed E-state index contributed by atoms with van der Waals surface area (Å²) in [5.41, 5.74) is 4.74. The zero-order valence-electron chi connectivity index (χ0n) is 20.9. The Hall–Kier alpha value is -3.65. The number of amides is 1. The normalized spacial score (nSPS) is 14.9. The number of carboxylic acid groups (broad SMARTS) is 1. The Morgan fingerprint density at radius 2 is 1.73 bits per heavy atom. The summed E-state index contributed by atoms with van der Waals surface area (Å²) >= 11 is 1.67. The van der Waals surface area contributed by atoms with Gasteiger partial charge >= 0.3 is 5.97 Å². The molecular formula is C29H30FN3O3S. The molecular weight excluding hydrogens is 489 g/mol. The van der Waals surface area contributed by atoms with E-state index in [2.05, 4.69) is 48.3 Å². The van der Waals surface area contributed by atoms with Crippen LogP contribution < -0.4 is 10.2 Å². The van der Waals surface area contributed by atoms with Crippen LogP contribution in [0.15, 0.2) is 77.8 Å². The van der Waals surface area contributed by atoms with Crippen molar-refractivity contribution in [2.24, 2.45) is 4.99 Å². The molecule has 0 saturated heterocycles. The number of hydrogen-bond donors (Lipinski definition) is 2. The second kappa shape index (κ2) is 12.1. The van der Waals surface area contributed by atoms with Crippen LogP contribution in [0.2, 0.25) is 0 Å². The second-order valence-corrected chi connectivity index (χ2v) is 10.2. The summed E-state index contributed by atoms with van der Waals surface area (Å²) in [5.74, 6) is -0.308. The van der Waals surface area contributed by atoms with Gasteiger partial charge in [0, 0.05) is 23.5 Å². The monoisotopic (exact) mass is 519 g/mol. The van der Waals surface area contributed by atoms with Gasteiger partial charge < -0.3 is 15.3 Å². The lowest BCUT2D eigenvalue weighted by Crippen LogP contribution is -2.27. The first-order valence-electron chi connectivity index (χ1n) is 12.2. The van der Waals surface area contributed by atoms with E-state index < -0.39 is 5.97 Å². The number of nitrogens with zero attached hydrogens (tertiary/aromatic N) is 2. The molecule has 1 amide bonds. The number of carbonyl (C=O) groups is 2. The number of hydrogen-bond acceptors (Lipinski definition) is 5. The number of nitrogens with one attached hydrogen (secondary N) is 1. The van der Waals surface area contributed by atoms with E-state index in [0.717, 1.165) is 27.7 Å². The summed E-state index contributed by atoms with van der Waals surface area (Å²) in [6.07, 6.45) is -0.118. The number of rotatable bonds is 9. The van der Waals surface area contributed by atoms with Gasteiger partial charge in [-0.1, -0.05) is 62.0 Å². The molecule has 0 fully saturated rings. The predicted octanol–water partition coefficient (Wildman–Crippen LogP) is 6.00. The molecule has 1 unspecified atom stereocenters. The summed E-state index contributed by atoms with van der Waals surface area (Å²) in [5, 5.41) is 12.3. The van der Waals surface area contributed by atoms with E-state index in [4.69, 9.17) is 10.1 Å². The van der Waals surface area contributed by atoms with Gasteiger partial charge in [0.25, 0.3) is 5.91 Å². The fourth-order valence-corrected chi connectivity index (χ4v) is 5.10. The summed E-state index contributed by atoms with van der Waals surface area (Å²) in [6, 6.07) is 22.2. The lowest BCUT2D eigenvalue weighted by molar-refractivity contribution is -0.136. The molecule has 3 aromatic carbocycles. The van der Waals surface area contributed by atoms with Gasteiger partial charge in [0.2, 0.25) is 0 Å². The Morgan fingerprint density at radius 3 is 2.35 bits per heavy atom. The van der Waals surface area contributed by atoms with E-state index in [0.29, 0.717) is 18.0 Å². The molecule has 4 rings (SSSR count). The minimum absolute atomic E-state index is 0.0464. The van der Waals surface area contributed by atoms with Crippen LogP contribution in [0.25, 0.3) is 0 Å². The fraction of sp³-hybridized carbons (Fsp3) is 0.276. The third kappa shape index (κ3) is 6.98. The molecule has 0 aromatic heterocycles. The van der Waals surface area contributed by atoms with Gasteiger partial charge in [-0.05, 0) is 59.0 Å². The van der Waals surface area contributed by atoms with Gasteiger partial charge in [-0.3, -0.25) is 14.6 Å². The first-order chi connectivity index (χ1) is 17.8. The van der Waals surface area contributed by atoms with Gasteiger partial charge in [-0.15, -0.1) is 0 Å². The van der Waals surface area contributed by atoms with Crippen molar-refractivity contribution in [1.29, 1.82) is 0 Å². The van der Waals surface area contributed by atoms with Crippen molar-refractivity contribution in [1.82, 2.24) is 5.32 Å². The average molecular weight is 520 g/mol. The number of aliphatic carboxylic acids is 1. The molecule has 6 nitrogen and oxygen atoms in total. The Morgan fingerprint density at radius 1 is 1.05 bits per heavy atom. The number of amidine groups is 1. The SMILES string of the molecule is CC(C)c1ccc(N(Cc2ccc(C(=O)NCCC(=O)O)cc2)C2=NC(c3ccc(F)cc3)CS2)cc1. The molecule has 192 valence electrons. The molecule has 3 aromatic rings. The third-order valence-corrected chi connectivity index (χ3v) is 7.24. The van der Waals surface area contributed by atoms with Crippen LogP contribution in [0.1, 0.15) is 59.3 Å². The highest BCUT2D eigenvalue weighted by molar-refractivity contribution is 8.14. The van der Waals surface area contributed by atoms with Gasteiger partial charge in [0.05, 0.1) is 19.0 Å². The zero-order valence-corrected chi connectivity index (χ0v) is 21.7. The van der Waals surface area contributed by atoms with Gasteiger partial charge in [-0.2, -0.15) is 0 Å². The molecule has 1 aliphatic rings. The predicted molar refractivity (Wildman–Crippen MR) is 147 cm³/mol. The third-order valence-electron chi connectivity index (χ3n) is 6.17. The van der Waals surface area contributed by atoms with Crippen LogP contribution in [-0.4, -0.2) is 34.4 Å². The summed E-state index contributed by atoms with van der Waals surface area (Å²) in [4.78, 5) is 30.1.